The minimum absolute atomic E-state index is 0.0181. The molecule has 1 unspecified atom stereocenters. The zero-order chi connectivity index (χ0) is 15.7. The molecule has 1 atom stereocenters. The van der Waals surface area contributed by atoms with Crippen molar-refractivity contribution in [2.24, 2.45) is 0 Å². The fourth-order valence-corrected chi connectivity index (χ4v) is 3.76. The van der Waals surface area contributed by atoms with Gasteiger partial charge in [-0.05, 0) is 52.1 Å². The van der Waals surface area contributed by atoms with Crippen LogP contribution in [0.5, 0.6) is 0 Å². The van der Waals surface area contributed by atoms with E-state index in [1.165, 1.54) is 30.6 Å². The Hall–Kier alpha value is -0.0500. The molecule has 0 rings (SSSR count). The normalized spacial score (nSPS) is 12.2. The van der Waals surface area contributed by atoms with E-state index in [0.29, 0.717) is 14.5 Å². The van der Waals surface area contributed by atoms with Crippen LogP contribution in [0.15, 0.2) is 0 Å². The van der Waals surface area contributed by atoms with Crippen molar-refractivity contribution in [3.63, 3.8) is 0 Å². The van der Waals surface area contributed by atoms with E-state index < -0.39 is 5.25 Å². The second kappa shape index (κ2) is 10.6. The van der Waals surface area contributed by atoms with E-state index in [-0.39, 0.29) is 18.2 Å². The lowest BCUT2D eigenvalue weighted by molar-refractivity contribution is -0.139. The van der Waals surface area contributed by atoms with Crippen molar-refractivity contribution in [3.05, 3.63) is 0 Å². The molecule has 0 fully saturated rings. The Morgan fingerprint density at radius 1 is 1.05 bits per heavy atom. The van der Waals surface area contributed by atoms with Gasteiger partial charge in [-0.1, -0.05) is 23.5 Å². The van der Waals surface area contributed by atoms with Gasteiger partial charge in [0.25, 0.3) is 0 Å². The summed E-state index contributed by atoms with van der Waals surface area (Å²) in [6, 6.07) is 0. The molecule has 0 spiro atoms. The minimum Gasteiger partial charge on any atom is -0.476 e. The molecule has 0 aliphatic carbocycles. The van der Waals surface area contributed by atoms with Crippen LogP contribution in [0.4, 0.5) is 0 Å². The molecule has 0 aromatic carbocycles. The van der Waals surface area contributed by atoms with Crippen molar-refractivity contribution in [1.29, 1.82) is 0 Å². The molecule has 0 saturated heterocycles. The average molecular weight is 357 g/mol. The predicted octanol–water partition coefficient (Wildman–Crippen LogP) is 3.41. The number of thiocarbonyl (C=S) groups is 2. The first-order chi connectivity index (χ1) is 9.26. The summed E-state index contributed by atoms with van der Waals surface area (Å²) in [5.74, 6) is 0.0642. The average Bonchev–Trinajstić information content (AvgIpc) is 2.31. The summed E-state index contributed by atoms with van der Waals surface area (Å²) < 4.78 is 16.2. The van der Waals surface area contributed by atoms with Gasteiger partial charge in [0, 0.05) is 5.75 Å². The maximum atomic E-state index is 11.7. The van der Waals surface area contributed by atoms with Crippen LogP contribution in [-0.4, -0.2) is 45.1 Å². The van der Waals surface area contributed by atoms with Crippen molar-refractivity contribution in [2.75, 3.05) is 12.9 Å². The smallest absolute Gasteiger partial charge is 0.320 e. The molecule has 0 aliphatic rings. The largest absolute Gasteiger partial charge is 0.476 e. The van der Waals surface area contributed by atoms with Crippen molar-refractivity contribution in [3.8, 4) is 0 Å². The molecule has 0 radical (unpaired) electrons. The second-order valence-electron chi connectivity index (χ2n) is 4.27. The topological polar surface area (TPSA) is 44.8 Å². The van der Waals surface area contributed by atoms with Crippen molar-refractivity contribution >= 4 is 62.7 Å². The van der Waals surface area contributed by atoms with Gasteiger partial charge in [0.05, 0.1) is 19.3 Å². The summed E-state index contributed by atoms with van der Waals surface area (Å²) in [5.41, 5.74) is 0. The highest BCUT2D eigenvalue weighted by molar-refractivity contribution is 8.25. The molecule has 20 heavy (non-hydrogen) atoms. The first kappa shape index (κ1) is 19.9. The minimum atomic E-state index is -0.468. The molecule has 4 nitrogen and oxygen atoms in total. The van der Waals surface area contributed by atoms with Crippen molar-refractivity contribution in [1.82, 2.24) is 0 Å². The zero-order valence-electron chi connectivity index (χ0n) is 12.2. The number of esters is 1. The summed E-state index contributed by atoms with van der Waals surface area (Å²) >= 11 is 12.6. The van der Waals surface area contributed by atoms with Gasteiger partial charge in [-0.15, -0.1) is 0 Å². The van der Waals surface area contributed by atoms with Crippen LogP contribution in [0, 0.1) is 0 Å². The van der Waals surface area contributed by atoms with Gasteiger partial charge in [-0.25, -0.2) is 0 Å². The molecule has 0 aromatic heterocycles. The van der Waals surface area contributed by atoms with Crippen LogP contribution in [0.1, 0.15) is 27.7 Å². The highest BCUT2D eigenvalue weighted by atomic mass is 32.2. The lowest BCUT2D eigenvalue weighted by Crippen LogP contribution is -2.25. The summed E-state index contributed by atoms with van der Waals surface area (Å²) in [5, 5.41) is -0.468. The lowest BCUT2D eigenvalue weighted by Gasteiger charge is -2.17. The Morgan fingerprint density at radius 2 is 1.55 bits per heavy atom. The third-order valence-electron chi connectivity index (χ3n) is 1.72. The van der Waals surface area contributed by atoms with E-state index in [1.807, 2.05) is 27.7 Å². The Kier molecular flexibility index (Phi) is 10.6. The number of hydrogen-bond acceptors (Lipinski definition) is 8. The first-order valence-corrected chi connectivity index (χ1v) is 8.73. The maximum absolute atomic E-state index is 11.7. The van der Waals surface area contributed by atoms with Crippen molar-refractivity contribution < 1.29 is 19.0 Å². The van der Waals surface area contributed by atoms with Crippen LogP contribution in [0.2, 0.25) is 0 Å². The quantitative estimate of drug-likeness (QED) is 0.530. The first-order valence-electron chi connectivity index (χ1n) is 6.04. The molecular weight excluding hydrogens is 336 g/mol. The summed E-state index contributed by atoms with van der Waals surface area (Å²) in [6.45, 7) is 7.54. The second-order valence-corrected chi connectivity index (χ2v) is 7.70. The maximum Gasteiger partial charge on any atom is 0.320 e. The number of carbonyl (C=O) groups is 1. The van der Waals surface area contributed by atoms with Gasteiger partial charge in [-0.3, -0.25) is 4.79 Å². The molecule has 0 saturated carbocycles. The van der Waals surface area contributed by atoms with Crippen LogP contribution in [0.25, 0.3) is 0 Å². The van der Waals surface area contributed by atoms with Crippen LogP contribution >= 0.6 is 48.0 Å². The molecule has 8 heteroatoms. The molecule has 0 bridgehead atoms. The van der Waals surface area contributed by atoms with E-state index in [2.05, 4.69) is 0 Å². The van der Waals surface area contributed by atoms with E-state index in [9.17, 15) is 4.79 Å². The fraction of sp³-hybridized carbons (Fsp3) is 0.750. The van der Waals surface area contributed by atoms with E-state index >= 15 is 0 Å². The zero-order valence-corrected chi connectivity index (χ0v) is 15.5. The van der Waals surface area contributed by atoms with E-state index in [4.69, 9.17) is 38.6 Å². The van der Waals surface area contributed by atoms with Crippen LogP contribution in [0.3, 0.4) is 0 Å². The SMILES string of the molecule is COC(=O)C(CSC(=S)OC(C)C)SC(=S)OC(C)C. The molecule has 0 N–H and O–H groups in total. The number of methoxy groups -OCH3 is 1. The van der Waals surface area contributed by atoms with E-state index in [1.54, 1.807) is 0 Å². The highest BCUT2D eigenvalue weighted by Crippen LogP contribution is 2.22. The Labute approximate surface area is 139 Å². The van der Waals surface area contributed by atoms with Gasteiger partial charge < -0.3 is 14.2 Å². The van der Waals surface area contributed by atoms with Gasteiger partial charge in [0.1, 0.15) is 5.25 Å². The number of thioether (sulfide) groups is 2. The highest BCUT2D eigenvalue weighted by Gasteiger charge is 2.24. The molecule has 0 amide bonds. The van der Waals surface area contributed by atoms with Gasteiger partial charge in [-0.2, -0.15) is 0 Å². The molecule has 116 valence electrons. The molecular formula is C12H20O4S4. The monoisotopic (exact) mass is 356 g/mol. The van der Waals surface area contributed by atoms with Crippen LogP contribution < -0.4 is 0 Å². The standard InChI is InChI=1S/C12H20O4S4/c1-7(2)15-11(17)19-6-9(10(13)14-5)20-12(18)16-8(3)4/h7-9H,6H2,1-5H3. The number of ether oxygens (including phenoxy) is 3. The third-order valence-corrected chi connectivity index (χ3v) is 4.53. The van der Waals surface area contributed by atoms with Crippen molar-refractivity contribution in [2.45, 2.75) is 45.2 Å². The Balaban J connectivity index is 4.39. The summed E-state index contributed by atoms with van der Waals surface area (Å²) in [7, 11) is 1.34. The molecule has 0 aliphatic heterocycles. The number of hydrogen-bond donors (Lipinski definition) is 0. The lowest BCUT2D eigenvalue weighted by atomic mass is 10.5. The molecule has 0 heterocycles. The predicted molar refractivity (Wildman–Crippen MR) is 93.5 cm³/mol. The van der Waals surface area contributed by atoms with Gasteiger partial charge in [0.2, 0.25) is 8.77 Å². The Bertz CT molecular complexity index is 344. The molecule has 0 aromatic rings. The summed E-state index contributed by atoms with van der Waals surface area (Å²) in [4.78, 5) is 11.7. The van der Waals surface area contributed by atoms with Crippen LogP contribution in [-0.2, 0) is 19.0 Å². The Morgan fingerprint density at radius 3 is 2.00 bits per heavy atom. The number of rotatable bonds is 6. The van der Waals surface area contributed by atoms with E-state index in [0.717, 1.165) is 0 Å². The number of carbonyl (C=O) groups excluding carboxylic acids is 1. The fourth-order valence-electron chi connectivity index (χ4n) is 0.988. The summed E-state index contributed by atoms with van der Waals surface area (Å²) in [6.07, 6.45) is -0.00381. The third kappa shape index (κ3) is 9.79. The van der Waals surface area contributed by atoms with Gasteiger partial charge >= 0.3 is 5.97 Å². The van der Waals surface area contributed by atoms with Gasteiger partial charge in [0.15, 0.2) is 0 Å².